The van der Waals surface area contributed by atoms with E-state index in [-0.39, 0.29) is 12.3 Å². The van der Waals surface area contributed by atoms with E-state index in [1.807, 2.05) is 17.4 Å². The van der Waals surface area contributed by atoms with Crippen molar-refractivity contribution in [1.29, 1.82) is 0 Å². The number of aromatic nitrogens is 2. The van der Waals surface area contributed by atoms with Gasteiger partial charge in [-0.3, -0.25) is 5.32 Å². The summed E-state index contributed by atoms with van der Waals surface area (Å²) in [5, 5.41) is 17.3. The first-order chi connectivity index (χ1) is 34.7. The van der Waals surface area contributed by atoms with Crippen molar-refractivity contribution < 1.29 is 4.42 Å². The van der Waals surface area contributed by atoms with Gasteiger partial charge < -0.3 is 18.9 Å². The van der Waals surface area contributed by atoms with Crippen LogP contribution < -0.4 is 10.6 Å². The number of furan rings is 1. The first kappa shape index (κ1) is 39.3. The van der Waals surface area contributed by atoms with Crippen LogP contribution in [0.4, 0.5) is 0 Å². The topological polar surface area (TPSA) is 59.4 Å². The first-order valence-electron chi connectivity index (χ1n) is 23.8. The van der Waals surface area contributed by atoms with Crippen molar-refractivity contribution in [3.8, 4) is 22.5 Å². The summed E-state index contributed by atoms with van der Waals surface area (Å²) in [7, 11) is 0. The van der Waals surface area contributed by atoms with Gasteiger partial charge in [-0.1, -0.05) is 158 Å². The molecule has 1 aliphatic heterocycles. The molecule has 70 heavy (non-hydrogen) atoms. The minimum absolute atomic E-state index is 0.276. The smallest absolute Gasteiger partial charge is 0.144 e. The highest BCUT2D eigenvalue weighted by molar-refractivity contribution is 7.26. The van der Waals surface area contributed by atoms with E-state index in [0.29, 0.717) is 0 Å². The van der Waals surface area contributed by atoms with Crippen molar-refractivity contribution in [2.45, 2.75) is 12.3 Å². The monoisotopic (exact) mass is 915 g/mol. The zero-order valence-electron chi connectivity index (χ0n) is 37.7. The molecule has 0 fully saturated rings. The van der Waals surface area contributed by atoms with Crippen molar-refractivity contribution >= 4 is 103 Å². The number of fused-ring (bicyclic) bond motifs is 13. The van der Waals surface area contributed by atoms with Crippen molar-refractivity contribution in [3.05, 3.63) is 241 Å². The molecule has 2 unspecified atom stereocenters. The quantitative estimate of drug-likeness (QED) is 0.175. The third-order valence-corrected chi connectivity index (χ3v) is 15.6. The number of hydrogen-bond donors (Lipinski definition) is 2. The molecule has 1 aliphatic rings. The van der Waals surface area contributed by atoms with Crippen molar-refractivity contribution in [1.82, 2.24) is 19.8 Å². The maximum absolute atomic E-state index is 6.69. The lowest BCUT2D eigenvalue weighted by atomic mass is 10.0. The number of para-hydroxylation sites is 3. The third kappa shape index (κ3) is 5.99. The number of hydrogen-bond acceptors (Lipinski definition) is 5. The lowest BCUT2D eigenvalue weighted by Crippen LogP contribution is -2.45. The second-order valence-electron chi connectivity index (χ2n) is 18.3. The minimum atomic E-state index is -0.306. The van der Waals surface area contributed by atoms with Crippen LogP contribution in [0.25, 0.3) is 108 Å². The summed E-state index contributed by atoms with van der Waals surface area (Å²) in [4.78, 5) is 5.47. The second-order valence-corrected chi connectivity index (χ2v) is 19.4. The molecule has 0 bridgehead atoms. The van der Waals surface area contributed by atoms with Gasteiger partial charge in [-0.15, -0.1) is 11.3 Å². The van der Waals surface area contributed by atoms with Crippen LogP contribution in [0, 0.1) is 0 Å². The van der Waals surface area contributed by atoms with E-state index in [1.54, 1.807) is 0 Å². The molecule has 330 valence electrons. The van der Waals surface area contributed by atoms with E-state index in [9.17, 15) is 0 Å². The Labute approximate surface area is 406 Å². The molecule has 0 amide bonds. The van der Waals surface area contributed by atoms with Crippen LogP contribution in [0.2, 0.25) is 0 Å². The van der Waals surface area contributed by atoms with E-state index in [2.05, 4.69) is 238 Å². The zero-order valence-corrected chi connectivity index (χ0v) is 38.5. The Balaban J connectivity index is 0.904. The molecular formula is C63H41N5OS. The van der Waals surface area contributed by atoms with Crippen molar-refractivity contribution in [3.63, 3.8) is 0 Å². The Morgan fingerprint density at radius 2 is 1.01 bits per heavy atom. The van der Waals surface area contributed by atoms with Gasteiger partial charge >= 0.3 is 0 Å². The number of aliphatic imine (C=N–C) groups is 1. The van der Waals surface area contributed by atoms with Gasteiger partial charge in [0.2, 0.25) is 0 Å². The van der Waals surface area contributed by atoms with Crippen molar-refractivity contribution in [2.75, 3.05) is 0 Å². The Morgan fingerprint density at radius 1 is 0.443 bits per heavy atom. The van der Waals surface area contributed by atoms with Crippen LogP contribution in [-0.2, 0) is 0 Å². The van der Waals surface area contributed by atoms with Crippen LogP contribution in [0.1, 0.15) is 29.0 Å². The van der Waals surface area contributed by atoms with Gasteiger partial charge in [0, 0.05) is 75.0 Å². The average molecular weight is 916 g/mol. The highest BCUT2D eigenvalue weighted by atomic mass is 32.1. The molecule has 7 heteroatoms. The Hall–Kier alpha value is -8.75. The minimum Gasteiger partial charge on any atom is -0.455 e. The van der Waals surface area contributed by atoms with Gasteiger partial charge in [-0.2, -0.15) is 0 Å². The molecule has 5 heterocycles. The maximum Gasteiger partial charge on any atom is 0.144 e. The summed E-state index contributed by atoms with van der Waals surface area (Å²) < 4.78 is 14.0. The van der Waals surface area contributed by atoms with Crippen LogP contribution in [0.15, 0.2) is 234 Å². The van der Waals surface area contributed by atoms with Gasteiger partial charge in [0.05, 0.1) is 22.1 Å². The molecule has 0 saturated carbocycles. The fourth-order valence-electron chi connectivity index (χ4n) is 11.2. The van der Waals surface area contributed by atoms with Crippen LogP contribution in [0.3, 0.4) is 0 Å². The van der Waals surface area contributed by atoms with Crippen molar-refractivity contribution in [2.24, 2.45) is 4.99 Å². The lowest BCUT2D eigenvalue weighted by molar-refractivity contribution is 0.411. The molecule has 2 atom stereocenters. The molecule has 0 spiro atoms. The molecule has 10 aromatic carbocycles. The summed E-state index contributed by atoms with van der Waals surface area (Å²) in [5.74, 6) is 0.829. The van der Waals surface area contributed by atoms with E-state index in [4.69, 9.17) is 9.41 Å². The lowest BCUT2D eigenvalue weighted by Gasteiger charge is -2.32. The number of rotatable bonds is 6. The van der Waals surface area contributed by atoms with Crippen LogP contribution in [0.5, 0.6) is 0 Å². The summed E-state index contributed by atoms with van der Waals surface area (Å²) in [6.07, 6.45) is -0.582. The predicted molar refractivity (Wildman–Crippen MR) is 292 cm³/mol. The number of benzene rings is 10. The Kier molecular flexibility index (Phi) is 8.63. The highest BCUT2D eigenvalue weighted by Crippen LogP contribution is 2.46. The summed E-state index contributed by atoms with van der Waals surface area (Å²) in [5.41, 5.74) is 14.3. The fraction of sp³-hybridized carbons (Fsp3) is 0.0317. The predicted octanol–water partition coefficient (Wildman–Crippen LogP) is 16.2. The fourth-order valence-corrected chi connectivity index (χ4v) is 12.5. The molecule has 0 radical (unpaired) electrons. The first-order valence-corrected chi connectivity index (χ1v) is 24.7. The summed E-state index contributed by atoms with van der Waals surface area (Å²) in [6.45, 7) is 0. The van der Waals surface area contributed by atoms with Crippen LogP contribution in [-0.4, -0.2) is 15.0 Å². The molecule has 15 rings (SSSR count). The number of amidine groups is 1. The van der Waals surface area contributed by atoms with Gasteiger partial charge in [0.15, 0.2) is 0 Å². The highest BCUT2D eigenvalue weighted by Gasteiger charge is 2.30. The number of nitrogens with zero attached hydrogens (tertiary/aromatic N) is 3. The zero-order chi connectivity index (χ0) is 45.9. The van der Waals surface area contributed by atoms with E-state index >= 15 is 0 Å². The van der Waals surface area contributed by atoms with E-state index < -0.39 is 0 Å². The molecule has 4 aromatic heterocycles. The maximum atomic E-state index is 6.69. The molecular weight excluding hydrogens is 875 g/mol. The third-order valence-electron chi connectivity index (χ3n) is 14.4. The number of nitrogens with one attached hydrogen (secondary N) is 2. The summed E-state index contributed by atoms with van der Waals surface area (Å²) in [6, 6.07) is 80.8. The average Bonchev–Trinajstić information content (AvgIpc) is 4.18. The normalized spacial score (nSPS) is 15.3. The Morgan fingerprint density at radius 3 is 1.73 bits per heavy atom. The molecule has 2 N–H and O–H groups in total. The number of thiophene rings is 1. The Bertz CT molecular complexity index is 4440. The molecule has 0 saturated heterocycles. The van der Waals surface area contributed by atoms with Gasteiger partial charge in [0.1, 0.15) is 29.3 Å². The molecule has 6 nitrogen and oxygen atoms in total. The van der Waals surface area contributed by atoms with Crippen LogP contribution >= 0.6 is 11.3 Å². The van der Waals surface area contributed by atoms with Gasteiger partial charge in [0.25, 0.3) is 0 Å². The molecule has 0 aliphatic carbocycles. The second kappa shape index (κ2) is 15.4. The van der Waals surface area contributed by atoms with Gasteiger partial charge in [-0.05, 0) is 83.4 Å². The SMILES string of the molecule is c1ccc(-c2cccc(-n3c4ccccc4c4cc5c(cc43)c3ccccc3n5-c3cccc(C4=NC(c5ccccc5)NC(c5cc6c7ccccc7oc6c6c5sc5ccccc56)N4)c3)c2)cc1. The summed E-state index contributed by atoms with van der Waals surface area (Å²) >= 11 is 1.82. The van der Waals surface area contributed by atoms with Gasteiger partial charge in [-0.25, -0.2) is 4.99 Å². The standard InChI is InChI=1S/C63H41N5OS/c1-3-17-38(18-4-1)40-21-15-23-42(33-40)67-52-29-11-7-25-44(52)48-37-55-49(36-54(48)67)45-26-8-12-30-53(45)68(55)43-24-16-22-41(34-43)62-64-61(39-19-5-2-6-20-39)65-63(66-62)51-35-50-46-27-9-13-31-56(46)69-59(50)58-47-28-10-14-32-57(47)70-60(51)58/h1-37,61,63,65H,(H,64,66). The van der Waals surface area contributed by atoms with E-state index in [1.165, 1.54) is 58.5 Å². The largest absolute Gasteiger partial charge is 0.455 e. The molecule has 14 aromatic rings. The van der Waals surface area contributed by atoms with E-state index in [0.717, 1.165) is 72.3 Å².